The number of furan rings is 2. The highest BCUT2D eigenvalue weighted by Crippen LogP contribution is 2.41. The van der Waals surface area contributed by atoms with Crippen molar-refractivity contribution in [1.29, 1.82) is 0 Å². The maximum Gasteiger partial charge on any atom is 0.177 e. The molecular weight excluding hydrogens is 254 g/mol. The third-order valence-electron chi connectivity index (χ3n) is 3.66. The summed E-state index contributed by atoms with van der Waals surface area (Å²) in [7, 11) is 0. The molecule has 0 aliphatic rings. The second-order valence-electron chi connectivity index (χ2n) is 5.27. The molecule has 0 aliphatic carbocycles. The monoisotopic (exact) mass is 273 g/mol. The fourth-order valence-corrected chi connectivity index (χ4v) is 2.77. The molecule has 3 rings (SSSR count). The lowest BCUT2D eigenvalue weighted by Gasteiger charge is -2.05. The van der Waals surface area contributed by atoms with Gasteiger partial charge in [-0.05, 0) is 51.8 Å². The normalized spacial score (nSPS) is 11.8. The number of hydrogen-bond acceptors (Lipinski definition) is 4. The summed E-state index contributed by atoms with van der Waals surface area (Å²) in [5.41, 5.74) is 7.99. The van der Waals surface area contributed by atoms with Crippen LogP contribution >= 0.6 is 0 Å². The van der Waals surface area contributed by atoms with Crippen molar-refractivity contribution in [1.82, 2.24) is 0 Å². The Morgan fingerprint density at radius 1 is 1.00 bits per heavy atom. The molecule has 2 aromatic heterocycles. The Kier molecular flexibility index (Phi) is 3.18. The summed E-state index contributed by atoms with van der Waals surface area (Å²) >= 11 is 0. The van der Waals surface area contributed by atoms with Gasteiger partial charge in [0.2, 0.25) is 0 Å². The Morgan fingerprint density at radius 2 is 1.65 bits per heavy atom. The predicted octanol–water partition coefficient (Wildman–Crippen LogP) is 3.78. The number of phenols is 1. The Morgan fingerprint density at radius 3 is 2.35 bits per heavy atom. The smallest absolute Gasteiger partial charge is 0.177 e. The molecule has 0 radical (unpaired) electrons. The van der Waals surface area contributed by atoms with E-state index in [-0.39, 0.29) is 5.75 Å². The summed E-state index contributed by atoms with van der Waals surface area (Å²) in [5, 5.41) is 12.0. The predicted molar refractivity (Wildman–Crippen MR) is 79.1 cm³/mol. The lowest BCUT2D eigenvalue weighted by atomic mass is 10.0. The van der Waals surface area contributed by atoms with Crippen LogP contribution in [0.2, 0.25) is 0 Å². The Bertz CT molecular complexity index is 709. The summed E-state index contributed by atoms with van der Waals surface area (Å²) in [5.74, 6) is 1.75. The van der Waals surface area contributed by atoms with Crippen molar-refractivity contribution in [2.45, 2.75) is 33.1 Å². The lowest BCUT2D eigenvalue weighted by molar-refractivity contribution is 0.466. The van der Waals surface area contributed by atoms with Crippen molar-refractivity contribution in [2.75, 3.05) is 6.54 Å². The van der Waals surface area contributed by atoms with Gasteiger partial charge in [0, 0.05) is 10.9 Å². The molecule has 0 unspecified atom stereocenters. The summed E-state index contributed by atoms with van der Waals surface area (Å²) in [6, 6.07) is 3.82. The zero-order chi connectivity index (χ0) is 14.3. The SMILES string of the molecule is Cc1cc2c(CCCCN)c3oc(C)cc3c(O)c2o1. The highest BCUT2D eigenvalue weighted by molar-refractivity contribution is 6.04. The first-order valence-electron chi connectivity index (χ1n) is 6.96. The molecule has 0 bridgehead atoms. The van der Waals surface area contributed by atoms with Crippen LogP contribution < -0.4 is 5.73 Å². The van der Waals surface area contributed by atoms with E-state index in [0.717, 1.165) is 52.7 Å². The van der Waals surface area contributed by atoms with E-state index < -0.39 is 0 Å². The third kappa shape index (κ3) is 1.96. The fourth-order valence-electron chi connectivity index (χ4n) is 2.77. The Labute approximate surface area is 117 Å². The van der Waals surface area contributed by atoms with Gasteiger partial charge in [0.15, 0.2) is 11.3 Å². The summed E-state index contributed by atoms with van der Waals surface area (Å²) in [6.45, 7) is 4.46. The molecule has 0 saturated heterocycles. The first kappa shape index (κ1) is 13.1. The topological polar surface area (TPSA) is 72.5 Å². The standard InChI is InChI=1S/C16H19NO3/c1-9-7-12-11(5-3-4-6-17)15-13(8-10(2)19-15)14(18)16(12)20-9/h7-8,18H,3-6,17H2,1-2H3. The van der Waals surface area contributed by atoms with E-state index >= 15 is 0 Å². The molecule has 0 aliphatic heterocycles. The minimum absolute atomic E-state index is 0.169. The molecule has 0 amide bonds. The minimum atomic E-state index is 0.169. The second-order valence-corrected chi connectivity index (χ2v) is 5.27. The average Bonchev–Trinajstić information content (AvgIpc) is 2.97. The molecule has 106 valence electrons. The van der Waals surface area contributed by atoms with Crippen molar-refractivity contribution >= 4 is 21.9 Å². The highest BCUT2D eigenvalue weighted by Gasteiger charge is 2.19. The van der Waals surface area contributed by atoms with E-state index in [4.69, 9.17) is 14.6 Å². The number of aromatic hydroxyl groups is 1. The number of nitrogens with two attached hydrogens (primary N) is 1. The summed E-state index contributed by atoms with van der Waals surface area (Å²) < 4.78 is 11.4. The molecule has 1 aromatic carbocycles. The van der Waals surface area contributed by atoms with Gasteiger partial charge in [0.05, 0.1) is 5.39 Å². The van der Waals surface area contributed by atoms with Crippen LogP contribution in [-0.4, -0.2) is 11.7 Å². The molecule has 0 fully saturated rings. The number of hydrogen-bond donors (Lipinski definition) is 2. The van der Waals surface area contributed by atoms with E-state index in [1.807, 2.05) is 26.0 Å². The maximum absolute atomic E-state index is 10.4. The molecule has 0 saturated carbocycles. The van der Waals surface area contributed by atoms with Gasteiger partial charge >= 0.3 is 0 Å². The van der Waals surface area contributed by atoms with Gasteiger partial charge < -0.3 is 19.7 Å². The van der Waals surface area contributed by atoms with Crippen LogP contribution in [0.5, 0.6) is 5.75 Å². The van der Waals surface area contributed by atoms with Crippen LogP contribution in [0, 0.1) is 13.8 Å². The zero-order valence-electron chi connectivity index (χ0n) is 11.8. The van der Waals surface area contributed by atoms with Gasteiger partial charge in [-0.3, -0.25) is 0 Å². The van der Waals surface area contributed by atoms with Crippen LogP contribution in [0.15, 0.2) is 21.0 Å². The maximum atomic E-state index is 10.4. The fraction of sp³-hybridized carbons (Fsp3) is 0.375. The quantitative estimate of drug-likeness (QED) is 0.709. The number of rotatable bonds is 4. The molecule has 20 heavy (non-hydrogen) atoms. The van der Waals surface area contributed by atoms with Gasteiger partial charge in [0.1, 0.15) is 17.1 Å². The van der Waals surface area contributed by atoms with Gasteiger partial charge in [-0.2, -0.15) is 0 Å². The summed E-state index contributed by atoms with van der Waals surface area (Å²) in [6.07, 6.45) is 2.84. The van der Waals surface area contributed by atoms with E-state index in [0.29, 0.717) is 12.1 Å². The Hall–Kier alpha value is -1.94. The number of benzene rings is 1. The van der Waals surface area contributed by atoms with Crippen molar-refractivity contribution in [2.24, 2.45) is 5.73 Å². The van der Waals surface area contributed by atoms with Crippen LogP contribution in [0.4, 0.5) is 0 Å². The first-order valence-corrected chi connectivity index (χ1v) is 6.96. The summed E-state index contributed by atoms with van der Waals surface area (Å²) in [4.78, 5) is 0. The molecule has 4 nitrogen and oxygen atoms in total. The van der Waals surface area contributed by atoms with Gasteiger partial charge in [-0.25, -0.2) is 0 Å². The van der Waals surface area contributed by atoms with Crippen molar-refractivity contribution in [3.63, 3.8) is 0 Å². The van der Waals surface area contributed by atoms with E-state index in [1.165, 1.54) is 0 Å². The number of aryl methyl sites for hydroxylation is 3. The molecular formula is C16H19NO3. The number of fused-ring (bicyclic) bond motifs is 2. The van der Waals surface area contributed by atoms with Crippen LogP contribution in [0.25, 0.3) is 21.9 Å². The second kappa shape index (κ2) is 4.87. The molecule has 0 atom stereocenters. The van der Waals surface area contributed by atoms with Crippen molar-refractivity contribution < 1.29 is 13.9 Å². The Balaban J connectivity index is 2.27. The number of unbranched alkanes of at least 4 members (excludes halogenated alkanes) is 1. The number of phenolic OH excluding ortho intramolecular Hbond substituents is 1. The van der Waals surface area contributed by atoms with Gasteiger partial charge in [-0.15, -0.1) is 0 Å². The average molecular weight is 273 g/mol. The van der Waals surface area contributed by atoms with Crippen LogP contribution in [0.1, 0.15) is 29.9 Å². The van der Waals surface area contributed by atoms with Crippen molar-refractivity contribution in [3.8, 4) is 5.75 Å². The molecule has 3 aromatic rings. The highest BCUT2D eigenvalue weighted by atomic mass is 16.4. The molecule has 0 spiro atoms. The lowest BCUT2D eigenvalue weighted by Crippen LogP contribution is -1.99. The van der Waals surface area contributed by atoms with Crippen LogP contribution in [-0.2, 0) is 6.42 Å². The van der Waals surface area contributed by atoms with E-state index in [1.54, 1.807) is 0 Å². The first-order chi connectivity index (χ1) is 9.61. The minimum Gasteiger partial charge on any atom is -0.504 e. The van der Waals surface area contributed by atoms with Gasteiger partial charge in [0.25, 0.3) is 0 Å². The van der Waals surface area contributed by atoms with Crippen LogP contribution in [0.3, 0.4) is 0 Å². The largest absolute Gasteiger partial charge is 0.504 e. The third-order valence-corrected chi connectivity index (χ3v) is 3.66. The van der Waals surface area contributed by atoms with E-state index in [2.05, 4.69) is 0 Å². The molecule has 4 heteroatoms. The van der Waals surface area contributed by atoms with Crippen molar-refractivity contribution in [3.05, 3.63) is 29.2 Å². The zero-order valence-corrected chi connectivity index (χ0v) is 11.8. The molecule has 2 heterocycles. The van der Waals surface area contributed by atoms with Gasteiger partial charge in [-0.1, -0.05) is 0 Å². The van der Waals surface area contributed by atoms with E-state index in [9.17, 15) is 5.11 Å². The molecule has 3 N–H and O–H groups in total.